The zero-order valence-electron chi connectivity index (χ0n) is 8.66. The molecule has 0 saturated heterocycles. The smallest absolute Gasteiger partial charge is 0.131 e. The van der Waals surface area contributed by atoms with Crippen LogP contribution in [0.4, 0.5) is 0 Å². The standard InChI is InChI=1S/C11H17NO2/c1-9-4-3-5-10(8-9)11(13)12-6-7-14-2/h3-5,8,11-13H,6-7H2,1-2H3. The average molecular weight is 195 g/mol. The van der Waals surface area contributed by atoms with Gasteiger partial charge in [-0.25, -0.2) is 0 Å². The highest BCUT2D eigenvalue weighted by atomic mass is 16.5. The van der Waals surface area contributed by atoms with Crippen LogP contribution in [0.25, 0.3) is 0 Å². The second-order valence-electron chi connectivity index (χ2n) is 3.26. The number of aryl methyl sites for hydroxylation is 1. The summed E-state index contributed by atoms with van der Waals surface area (Å²) < 4.78 is 4.88. The Morgan fingerprint density at radius 2 is 2.29 bits per heavy atom. The normalized spacial score (nSPS) is 12.8. The van der Waals surface area contributed by atoms with Crippen LogP contribution in [0.3, 0.4) is 0 Å². The Bertz CT molecular complexity index is 276. The molecule has 0 aromatic heterocycles. The predicted octanol–water partition coefficient (Wildman–Crippen LogP) is 1.22. The molecule has 14 heavy (non-hydrogen) atoms. The molecular weight excluding hydrogens is 178 g/mol. The van der Waals surface area contributed by atoms with Gasteiger partial charge in [0.05, 0.1) is 6.61 Å². The number of aliphatic hydroxyl groups is 1. The summed E-state index contributed by atoms with van der Waals surface area (Å²) in [6.45, 7) is 3.25. The van der Waals surface area contributed by atoms with Crippen molar-refractivity contribution in [3.8, 4) is 0 Å². The maximum Gasteiger partial charge on any atom is 0.131 e. The molecule has 78 valence electrons. The van der Waals surface area contributed by atoms with Crippen LogP contribution in [0.1, 0.15) is 17.4 Å². The molecule has 1 atom stereocenters. The third-order valence-corrected chi connectivity index (χ3v) is 2.00. The van der Waals surface area contributed by atoms with Gasteiger partial charge in [0.1, 0.15) is 6.23 Å². The molecule has 3 heteroatoms. The molecule has 3 nitrogen and oxygen atoms in total. The van der Waals surface area contributed by atoms with Crippen molar-refractivity contribution < 1.29 is 9.84 Å². The Morgan fingerprint density at radius 1 is 1.50 bits per heavy atom. The third-order valence-electron chi connectivity index (χ3n) is 2.00. The zero-order chi connectivity index (χ0) is 10.4. The van der Waals surface area contributed by atoms with Crippen molar-refractivity contribution in [1.29, 1.82) is 0 Å². The van der Waals surface area contributed by atoms with Gasteiger partial charge in [-0.15, -0.1) is 0 Å². The first-order chi connectivity index (χ1) is 6.74. The van der Waals surface area contributed by atoms with Crippen LogP contribution in [-0.2, 0) is 4.74 Å². The van der Waals surface area contributed by atoms with Crippen LogP contribution < -0.4 is 5.32 Å². The first-order valence-electron chi connectivity index (χ1n) is 4.71. The minimum Gasteiger partial charge on any atom is -0.383 e. The molecule has 0 aliphatic rings. The van der Waals surface area contributed by atoms with Gasteiger partial charge >= 0.3 is 0 Å². The number of rotatable bonds is 5. The van der Waals surface area contributed by atoms with E-state index in [1.807, 2.05) is 31.2 Å². The lowest BCUT2D eigenvalue weighted by Crippen LogP contribution is -2.24. The Balaban J connectivity index is 2.47. The average Bonchev–Trinajstić information content (AvgIpc) is 2.18. The van der Waals surface area contributed by atoms with Crippen molar-refractivity contribution in [2.45, 2.75) is 13.2 Å². The van der Waals surface area contributed by atoms with Crippen LogP contribution in [0.15, 0.2) is 24.3 Å². The molecule has 1 aromatic rings. The minimum atomic E-state index is -0.606. The van der Waals surface area contributed by atoms with Crippen LogP contribution in [0, 0.1) is 6.92 Å². The Labute approximate surface area is 84.7 Å². The summed E-state index contributed by atoms with van der Waals surface area (Å²) in [6, 6.07) is 7.80. The van der Waals surface area contributed by atoms with Crippen molar-refractivity contribution in [2.75, 3.05) is 20.3 Å². The number of hydrogen-bond donors (Lipinski definition) is 2. The maximum absolute atomic E-state index is 9.70. The van der Waals surface area contributed by atoms with Crippen LogP contribution in [0.2, 0.25) is 0 Å². The molecular formula is C11H17NO2. The van der Waals surface area contributed by atoms with Crippen molar-refractivity contribution >= 4 is 0 Å². The van der Waals surface area contributed by atoms with E-state index in [1.54, 1.807) is 7.11 Å². The van der Waals surface area contributed by atoms with E-state index >= 15 is 0 Å². The van der Waals surface area contributed by atoms with Gasteiger partial charge in [-0.2, -0.15) is 0 Å². The van der Waals surface area contributed by atoms with E-state index in [4.69, 9.17) is 4.74 Å². The summed E-state index contributed by atoms with van der Waals surface area (Å²) in [5, 5.41) is 12.7. The highest BCUT2D eigenvalue weighted by Crippen LogP contribution is 2.11. The van der Waals surface area contributed by atoms with Crippen molar-refractivity contribution in [3.63, 3.8) is 0 Å². The molecule has 0 fully saturated rings. The largest absolute Gasteiger partial charge is 0.383 e. The van der Waals surface area contributed by atoms with E-state index in [0.29, 0.717) is 13.2 Å². The molecule has 0 heterocycles. The second kappa shape index (κ2) is 5.75. The van der Waals surface area contributed by atoms with Gasteiger partial charge < -0.3 is 9.84 Å². The lowest BCUT2D eigenvalue weighted by Gasteiger charge is -2.13. The number of methoxy groups -OCH3 is 1. The molecule has 1 rings (SSSR count). The quantitative estimate of drug-likeness (QED) is 0.548. The molecule has 0 aliphatic heterocycles. The summed E-state index contributed by atoms with van der Waals surface area (Å²) in [5.41, 5.74) is 2.04. The predicted molar refractivity (Wildman–Crippen MR) is 56.0 cm³/mol. The van der Waals surface area contributed by atoms with Gasteiger partial charge in [0.2, 0.25) is 0 Å². The second-order valence-corrected chi connectivity index (χ2v) is 3.26. The molecule has 0 saturated carbocycles. The zero-order valence-corrected chi connectivity index (χ0v) is 8.66. The summed E-state index contributed by atoms with van der Waals surface area (Å²) >= 11 is 0. The molecule has 0 aliphatic carbocycles. The Morgan fingerprint density at radius 3 is 2.93 bits per heavy atom. The number of benzene rings is 1. The minimum absolute atomic E-state index is 0.600. The summed E-state index contributed by atoms with van der Waals surface area (Å²) in [7, 11) is 1.64. The number of nitrogens with one attached hydrogen (secondary N) is 1. The molecule has 2 N–H and O–H groups in total. The molecule has 0 amide bonds. The molecule has 1 unspecified atom stereocenters. The number of hydrogen-bond acceptors (Lipinski definition) is 3. The van der Waals surface area contributed by atoms with Crippen LogP contribution >= 0.6 is 0 Å². The van der Waals surface area contributed by atoms with Crippen LogP contribution in [0.5, 0.6) is 0 Å². The SMILES string of the molecule is COCCNC(O)c1cccc(C)c1. The van der Waals surface area contributed by atoms with E-state index in [1.165, 1.54) is 0 Å². The summed E-state index contributed by atoms with van der Waals surface area (Å²) in [4.78, 5) is 0. The van der Waals surface area contributed by atoms with Gasteiger partial charge in [0.25, 0.3) is 0 Å². The van der Waals surface area contributed by atoms with Gasteiger partial charge in [-0.05, 0) is 12.5 Å². The molecule has 0 spiro atoms. The lowest BCUT2D eigenvalue weighted by atomic mass is 10.1. The third kappa shape index (κ3) is 3.46. The fourth-order valence-corrected chi connectivity index (χ4v) is 1.26. The topological polar surface area (TPSA) is 41.5 Å². The number of aliphatic hydroxyl groups excluding tert-OH is 1. The Hall–Kier alpha value is -0.900. The lowest BCUT2D eigenvalue weighted by molar-refractivity contribution is 0.119. The van der Waals surface area contributed by atoms with E-state index in [0.717, 1.165) is 11.1 Å². The first-order valence-corrected chi connectivity index (χ1v) is 4.71. The van der Waals surface area contributed by atoms with Crippen molar-refractivity contribution in [1.82, 2.24) is 5.32 Å². The van der Waals surface area contributed by atoms with E-state index in [-0.39, 0.29) is 0 Å². The van der Waals surface area contributed by atoms with Gasteiger partial charge in [0.15, 0.2) is 0 Å². The van der Waals surface area contributed by atoms with E-state index < -0.39 is 6.23 Å². The van der Waals surface area contributed by atoms with Gasteiger partial charge in [-0.3, -0.25) is 5.32 Å². The monoisotopic (exact) mass is 195 g/mol. The highest BCUT2D eigenvalue weighted by Gasteiger charge is 2.04. The maximum atomic E-state index is 9.70. The fourth-order valence-electron chi connectivity index (χ4n) is 1.26. The number of ether oxygens (including phenoxy) is 1. The summed E-state index contributed by atoms with van der Waals surface area (Å²) in [5.74, 6) is 0. The van der Waals surface area contributed by atoms with Gasteiger partial charge in [-0.1, -0.05) is 29.8 Å². The van der Waals surface area contributed by atoms with Crippen molar-refractivity contribution in [2.24, 2.45) is 0 Å². The van der Waals surface area contributed by atoms with Crippen molar-refractivity contribution in [3.05, 3.63) is 35.4 Å². The van der Waals surface area contributed by atoms with E-state index in [2.05, 4.69) is 5.32 Å². The summed E-state index contributed by atoms with van der Waals surface area (Å²) in [6.07, 6.45) is -0.606. The molecule has 1 aromatic carbocycles. The fraction of sp³-hybridized carbons (Fsp3) is 0.455. The highest BCUT2D eigenvalue weighted by molar-refractivity contribution is 5.23. The van der Waals surface area contributed by atoms with E-state index in [9.17, 15) is 5.11 Å². The molecule has 0 radical (unpaired) electrons. The van der Waals surface area contributed by atoms with Crippen LogP contribution in [-0.4, -0.2) is 25.4 Å². The Kier molecular flexibility index (Phi) is 4.59. The van der Waals surface area contributed by atoms with Gasteiger partial charge in [0, 0.05) is 13.7 Å². The molecule has 0 bridgehead atoms. The first kappa shape index (κ1) is 11.2.